The standard InChI is InChI=1S/C18H15ClN2O3S2/c1-2-13-8-10-15(11-9-13)26(23,24)20-18-21(14-6-4-3-5-7-14)17(19)16(12-22)25-18/h3-12H,2H2,1H3/b20-18+. The van der Waals surface area contributed by atoms with E-state index in [9.17, 15) is 13.2 Å². The Bertz CT molecular complexity index is 1100. The van der Waals surface area contributed by atoms with E-state index in [1.807, 2.05) is 13.0 Å². The Hall–Kier alpha value is -2.22. The summed E-state index contributed by atoms with van der Waals surface area (Å²) in [4.78, 5) is 11.7. The molecule has 2 aromatic carbocycles. The van der Waals surface area contributed by atoms with Crippen LogP contribution in [-0.2, 0) is 16.4 Å². The van der Waals surface area contributed by atoms with Crippen molar-refractivity contribution in [2.24, 2.45) is 4.40 Å². The molecule has 5 nitrogen and oxygen atoms in total. The lowest BCUT2D eigenvalue weighted by atomic mass is 10.2. The highest BCUT2D eigenvalue weighted by molar-refractivity contribution is 7.90. The molecule has 0 saturated heterocycles. The van der Waals surface area contributed by atoms with Gasteiger partial charge in [0.05, 0.1) is 4.90 Å². The third-order valence-corrected chi connectivity index (χ3v) is 6.59. The van der Waals surface area contributed by atoms with Gasteiger partial charge in [-0.1, -0.05) is 60.2 Å². The first-order chi connectivity index (χ1) is 12.5. The highest BCUT2D eigenvalue weighted by atomic mass is 35.5. The van der Waals surface area contributed by atoms with Crippen molar-refractivity contribution in [1.82, 2.24) is 4.57 Å². The zero-order valence-electron chi connectivity index (χ0n) is 13.8. The number of carbonyl (C=O) groups excluding carboxylic acids is 1. The molecular formula is C18H15ClN2O3S2. The maximum atomic E-state index is 12.7. The molecule has 0 saturated carbocycles. The molecule has 0 fully saturated rings. The molecule has 3 aromatic rings. The summed E-state index contributed by atoms with van der Waals surface area (Å²) in [6, 6.07) is 15.5. The van der Waals surface area contributed by atoms with Crippen LogP contribution in [-0.4, -0.2) is 19.3 Å². The fraction of sp³-hybridized carbons (Fsp3) is 0.111. The molecule has 0 unspecified atom stereocenters. The SMILES string of the molecule is CCc1ccc(S(=O)(=O)/N=c2/sc(C=O)c(Cl)n2-c2ccccc2)cc1. The molecule has 0 aliphatic heterocycles. The number of aldehydes is 1. The lowest BCUT2D eigenvalue weighted by Gasteiger charge is -2.05. The van der Waals surface area contributed by atoms with Crippen LogP contribution in [0.1, 0.15) is 22.2 Å². The van der Waals surface area contributed by atoms with E-state index in [0.29, 0.717) is 12.0 Å². The van der Waals surface area contributed by atoms with Gasteiger partial charge in [-0.2, -0.15) is 8.42 Å². The van der Waals surface area contributed by atoms with Crippen LogP contribution in [0.5, 0.6) is 0 Å². The first-order valence-corrected chi connectivity index (χ1v) is 10.4. The number of para-hydroxylation sites is 1. The van der Waals surface area contributed by atoms with Crippen LogP contribution in [0.3, 0.4) is 0 Å². The summed E-state index contributed by atoms with van der Waals surface area (Å²) in [5.74, 6) is 0. The third-order valence-electron chi connectivity index (χ3n) is 3.74. The van der Waals surface area contributed by atoms with Gasteiger partial charge in [-0.15, -0.1) is 4.40 Å². The number of sulfonamides is 1. The number of carbonyl (C=O) groups is 1. The minimum absolute atomic E-state index is 0.0893. The fourth-order valence-corrected chi connectivity index (χ4v) is 4.78. The Morgan fingerprint density at radius 3 is 2.35 bits per heavy atom. The second-order valence-corrected chi connectivity index (χ2v) is 8.36. The first-order valence-electron chi connectivity index (χ1n) is 7.78. The Morgan fingerprint density at radius 1 is 1.12 bits per heavy atom. The molecule has 0 N–H and O–H groups in total. The smallest absolute Gasteiger partial charge is 0.285 e. The lowest BCUT2D eigenvalue weighted by molar-refractivity contribution is 0.112. The average Bonchev–Trinajstić information content (AvgIpc) is 2.97. The summed E-state index contributed by atoms with van der Waals surface area (Å²) in [6.45, 7) is 1.99. The molecule has 0 amide bonds. The third kappa shape index (κ3) is 3.65. The molecule has 3 rings (SSSR count). The Labute approximate surface area is 160 Å². The molecule has 0 radical (unpaired) electrons. The largest absolute Gasteiger partial charge is 0.297 e. The van der Waals surface area contributed by atoms with E-state index < -0.39 is 10.0 Å². The van der Waals surface area contributed by atoms with Crippen LogP contribution >= 0.6 is 22.9 Å². The van der Waals surface area contributed by atoms with Crippen molar-refractivity contribution in [3.05, 3.63) is 75.0 Å². The molecule has 0 bridgehead atoms. The van der Waals surface area contributed by atoms with Crippen molar-refractivity contribution in [2.45, 2.75) is 18.2 Å². The molecule has 0 spiro atoms. The van der Waals surface area contributed by atoms with Gasteiger partial charge in [0.2, 0.25) is 4.80 Å². The predicted octanol–water partition coefficient (Wildman–Crippen LogP) is 3.86. The number of benzene rings is 2. The van der Waals surface area contributed by atoms with Crippen molar-refractivity contribution in [2.75, 3.05) is 0 Å². The van der Waals surface area contributed by atoms with Crippen LogP contribution in [0.25, 0.3) is 5.69 Å². The highest BCUT2D eigenvalue weighted by Crippen LogP contribution is 2.22. The number of halogens is 1. The van der Waals surface area contributed by atoms with Gasteiger partial charge in [0, 0.05) is 5.69 Å². The maximum absolute atomic E-state index is 12.7. The molecular weight excluding hydrogens is 392 g/mol. The topological polar surface area (TPSA) is 68.5 Å². The van der Waals surface area contributed by atoms with Crippen LogP contribution in [0.4, 0.5) is 0 Å². The van der Waals surface area contributed by atoms with Gasteiger partial charge in [0.15, 0.2) is 6.29 Å². The van der Waals surface area contributed by atoms with Gasteiger partial charge in [-0.3, -0.25) is 9.36 Å². The normalized spacial score (nSPS) is 12.3. The highest BCUT2D eigenvalue weighted by Gasteiger charge is 2.17. The molecule has 134 valence electrons. The number of hydrogen-bond donors (Lipinski definition) is 0. The summed E-state index contributed by atoms with van der Waals surface area (Å²) in [5.41, 5.74) is 1.66. The minimum atomic E-state index is -3.94. The summed E-state index contributed by atoms with van der Waals surface area (Å²) in [6.07, 6.45) is 1.41. The van der Waals surface area contributed by atoms with E-state index in [-0.39, 0.29) is 19.7 Å². The van der Waals surface area contributed by atoms with Crippen molar-refractivity contribution in [3.63, 3.8) is 0 Å². The Balaban J connectivity index is 2.20. The maximum Gasteiger partial charge on any atom is 0.285 e. The summed E-state index contributed by atoms with van der Waals surface area (Å²) in [5, 5.41) is 0.131. The van der Waals surface area contributed by atoms with Crippen LogP contribution in [0.2, 0.25) is 5.15 Å². The number of nitrogens with zero attached hydrogens (tertiary/aromatic N) is 2. The number of thiazole rings is 1. The van der Waals surface area contributed by atoms with Gasteiger partial charge < -0.3 is 0 Å². The van der Waals surface area contributed by atoms with Gasteiger partial charge in [-0.25, -0.2) is 0 Å². The number of aromatic nitrogens is 1. The van der Waals surface area contributed by atoms with Crippen molar-refractivity contribution in [1.29, 1.82) is 0 Å². The Morgan fingerprint density at radius 2 is 1.77 bits per heavy atom. The number of aryl methyl sites for hydroxylation is 1. The number of rotatable bonds is 5. The molecule has 0 aliphatic rings. The second-order valence-electron chi connectivity index (χ2n) is 5.39. The van der Waals surface area contributed by atoms with E-state index >= 15 is 0 Å². The Kier molecular flexibility index (Phi) is 5.41. The van der Waals surface area contributed by atoms with E-state index in [0.717, 1.165) is 23.3 Å². The summed E-state index contributed by atoms with van der Waals surface area (Å²) < 4.78 is 30.8. The van der Waals surface area contributed by atoms with Crippen LogP contribution < -0.4 is 4.80 Å². The van der Waals surface area contributed by atoms with Gasteiger partial charge in [-0.05, 0) is 36.2 Å². The van der Waals surface area contributed by atoms with E-state index in [1.165, 1.54) is 16.7 Å². The molecule has 1 aromatic heterocycles. The van der Waals surface area contributed by atoms with E-state index in [1.54, 1.807) is 36.4 Å². The fourth-order valence-electron chi connectivity index (χ4n) is 2.37. The average molecular weight is 407 g/mol. The molecule has 0 aliphatic carbocycles. The molecule has 1 heterocycles. The summed E-state index contributed by atoms with van der Waals surface area (Å²) >= 11 is 7.19. The quantitative estimate of drug-likeness (QED) is 0.604. The lowest BCUT2D eigenvalue weighted by Crippen LogP contribution is -2.15. The first kappa shape index (κ1) is 18.6. The van der Waals surface area contributed by atoms with Crippen molar-refractivity contribution in [3.8, 4) is 5.69 Å². The van der Waals surface area contributed by atoms with Crippen LogP contribution in [0.15, 0.2) is 63.9 Å². The number of hydrogen-bond acceptors (Lipinski definition) is 4. The van der Waals surface area contributed by atoms with E-state index in [2.05, 4.69) is 4.40 Å². The molecule has 8 heteroatoms. The molecule has 26 heavy (non-hydrogen) atoms. The second kappa shape index (κ2) is 7.57. The van der Waals surface area contributed by atoms with Gasteiger partial charge in [0.25, 0.3) is 10.0 Å². The van der Waals surface area contributed by atoms with Gasteiger partial charge >= 0.3 is 0 Å². The monoisotopic (exact) mass is 406 g/mol. The minimum Gasteiger partial charge on any atom is -0.297 e. The van der Waals surface area contributed by atoms with Crippen molar-refractivity contribution >= 4 is 39.2 Å². The zero-order valence-corrected chi connectivity index (χ0v) is 16.2. The van der Waals surface area contributed by atoms with Crippen molar-refractivity contribution < 1.29 is 13.2 Å². The summed E-state index contributed by atoms with van der Waals surface area (Å²) in [7, 11) is -3.94. The molecule has 0 atom stereocenters. The van der Waals surface area contributed by atoms with E-state index in [4.69, 9.17) is 11.6 Å². The van der Waals surface area contributed by atoms with Gasteiger partial charge in [0.1, 0.15) is 10.0 Å². The van der Waals surface area contributed by atoms with Crippen LogP contribution in [0, 0.1) is 0 Å². The predicted molar refractivity (Wildman–Crippen MR) is 103 cm³/mol. The zero-order chi connectivity index (χ0) is 18.7.